The normalized spacial score (nSPS) is 15.1. The van der Waals surface area contributed by atoms with Crippen LogP contribution in [-0.2, 0) is 18.3 Å². The number of rotatable bonds is 8. The van der Waals surface area contributed by atoms with E-state index in [1.54, 1.807) is 33.8 Å². The first-order valence-corrected chi connectivity index (χ1v) is 12.6. The highest BCUT2D eigenvalue weighted by molar-refractivity contribution is 6.30. The smallest absolute Gasteiger partial charge is 0.254 e. The Morgan fingerprint density at radius 3 is 2.51 bits per heavy atom. The molecule has 1 atom stereocenters. The van der Waals surface area contributed by atoms with Crippen molar-refractivity contribution in [1.82, 2.24) is 14.7 Å². The summed E-state index contributed by atoms with van der Waals surface area (Å²) in [6, 6.07) is 22.5. The van der Waals surface area contributed by atoms with E-state index in [9.17, 15) is 9.18 Å². The fourth-order valence-corrected chi connectivity index (χ4v) is 4.61. The van der Waals surface area contributed by atoms with Crippen LogP contribution in [-0.4, -0.2) is 39.8 Å². The number of amides is 1. The average Bonchev–Trinajstić information content (AvgIpc) is 3.54. The minimum absolute atomic E-state index is 0.0677. The minimum atomic E-state index is -0.389. The number of hydrogen-bond acceptors (Lipinski definition) is 4. The van der Waals surface area contributed by atoms with Gasteiger partial charge in [0.15, 0.2) is 0 Å². The molecular formula is C29H27ClFN3O3. The molecule has 0 spiro atoms. The largest absolute Gasteiger partial charge is 0.439 e. The molecule has 1 aromatic heterocycles. The maximum absolute atomic E-state index is 13.7. The summed E-state index contributed by atoms with van der Waals surface area (Å²) >= 11 is 6.06. The topological polar surface area (TPSA) is 56.6 Å². The van der Waals surface area contributed by atoms with Gasteiger partial charge >= 0.3 is 0 Å². The molecule has 0 radical (unpaired) electrons. The second-order valence-electron chi connectivity index (χ2n) is 9.01. The lowest BCUT2D eigenvalue weighted by molar-refractivity contribution is 0.0506. The first-order chi connectivity index (χ1) is 18.0. The predicted octanol–water partition coefficient (Wildman–Crippen LogP) is 6.49. The Balaban J connectivity index is 1.55. The molecule has 0 bridgehead atoms. The monoisotopic (exact) mass is 519 g/mol. The van der Waals surface area contributed by atoms with Crippen molar-refractivity contribution >= 4 is 17.5 Å². The number of halogens is 2. The van der Waals surface area contributed by atoms with Gasteiger partial charge in [-0.05, 0) is 61.4 Å². The van der Waals surface area contributed by atoms with Crippen LogP contribution in [0, 0.1) is 5.82 Å². The van der Waals surface area contributed by atoms with Crippen molar-refractivity contribution in [3.05, 3.63) is 101 Å². The van der Waals surface area contributed by atoms with Gasteiger partial charge in [0, 0.05) is 36.3 Å². The summed E-state index contributed by atoms with van der Waals surface area (Å²) in [7, 11) is 1.81. The number of aromatic nitrogens is 2. The van der Waals surface area contributed by atoms with Crippen LogP contribution in [0.1, 0.15) is 28.8 Å². The SMILES string of the molecule is Cn1nc(-c2ccccc2)c(CN(CC2CCCO2)C(=O)c2ccc(F)cc2)c1Oc1ccc(Cl)cc1. The average molecular weight is 520 g/mol. The van der Waals surface area contributed by atoms with Crippen LogP contribution >= 0.6 is 11.6 Å². The minimum Gasteiger partial charge on any atom is -0.439 e. The number of hydrogen-bond donors (Lipinski definition) is 0. The van der Waals surface area contributed by atoms with Crippen molar-refractivity contribution in [3.8, 4) is 22.9 Å². The van der Waals surface area contributed by atoms with Crippen LogP contribution in [0.2, 0.25) is 5.02 Å². The summed E-state index contributed by atoms with van der Waals surface area (Å²) in [5.74, 6) is 0.518. The lowest BCUT2D eigenvalue weighted by Crippen LogP contribution is -2.37. The van der Waals surface area contributed by atoms with E-state index in [1.165, 1.54) is 24.3 Å². The highest BCUT2D eigenvalue weighted by atomic mass is 35.5. The van der Waals surface area contributed by atoms with E-state index >= 15 is 0 Å². The molecule has 1 fully saturated rings. The maximum Gasteiger partial charge on any atom is 0.254 e. The van der Waals surface area contributed by atoms with Crippen LogP contribution in [0.3, 0.4) is 0 Å². The zero-order chi connectivity index (χ0) is 25.8. The van der Waals surface area contributed by atoms with Crippen molar-refractivity contribution in [1.29, 1.82) is 0 Å². The maximum atomic E-state index is 13.7. The zero-order valence-electron chi connectivity index (χ0n) is 20.4. The molecule has 2 heterocycles. The van der Waals surface area contributed by atoms with Gasteiger partial charge in [0.05, 0.1) is 18.2 Å². The number of ether oxygens (including phenoxy) is 2. The molecule has 0 aliphatic carbocycles. The number of benzene rings is 3. The van der Waals surface area contributed by atoms with Gasteiger partial charge in [0.1, 0.15) is 17.3 Å². The molecule has 37 heavy (non-hydrogen) atoms. The molecular weight excluding hydrogens is 493 g/mol. The summed E-state index contributed by atoms with van der Waals surface area (Å²) in [5, 5.41) is 5.38. The van der Waals surface area contributed by atoms with Gasteiger partial charge in [-0.3, -0.25) is 4.79 Å². The van der Waals surface area contributed by atoms with Crippen molar-refractivity contribution in [2.75, 3.05) is 13.2 Å². The van der Waals surface area contributed by atoms with Crippen LogP contribution < -0.4 is 4.74 Å². The van der Waals surface area contributed by atoms with Crippen molar-refractivity contribution < 1.29 is 18.7 Å². The molecule has 1 aliphatic rings. The summed E-state index contributed by atoms with van der Waals surface area (Å²) in [6.45, 7) is 1.31. The Morgan fingerprint density at radius 1 is 1.11 bits per heavy atom. The molecule has 0 saturated carbocycles. The molecule has 8 heteroatoms. The first-order valence-electron chi connectivity index (χ1n) is 12.2. The van der Waals surface area contributed by atoms with Gasteiger partial charge in [-0.25, -0.2) is 9.07 Å². The van der Waals surface area contributed by atoms with Gasteiger partial charge in [-0.1, -0.05) is 41.9 Å². The lowest BCUT2D eigenvalue weighted by Gasteiger charge is -2.26. The Kier molecular flexibility index (Phi) is 7.53. The third-order valence-electron chi connectivity index (χ3n) is 6.34. The summed E-state index contributed by atoms with van der Waals surface area (Å²) in [4.78, 5) is 15.4. The molecule has 1 saturated heterocycles. The summed E-state index contributed by atoms with van der Waals surface area (Å²) < 4.78 is 27.4. The van der Waals surface area contributed by atoms with Gasteiger partial charge in [-0.2, -0.15) is 5.10 Å². The molecule has 4 aromatic rings. The van der Waals surface area contributed by atoms with E-state index in [4.69, 9.17) is 26.2 Å². The second-order valence-corrected chi connectivity index (χ2v) is 9.44. The van der Waals surface area contributed by atoms with Gasteiger partial charge in [-0.15, -0.1) is 0 Å². The Labute approximate surface area is 220 Å². The molecule has 6 nitrogen and oxygen atoms in total. The fraction of sp³-hybridized carbons (Fsp3) is 0.241. The molecule has 5 rings (SSSR count). The lowest BCUT2D eigenvalue weighted by atomic mass is 10.1. The number of carbonyl (C=O) groups is 1. The second kappa shape index (κ2) is 11.2. The van der Waals surface area contributed by atoms with Gasteiger partial charge in [0.25, 0.3) is 5.91 Å². The third kappa shape index (κ3) is 5.84. The standard InChI is InChI=1S/C29H27ClFN3O3/c1-33-29(37-24-15-11-22(30)12-16-24)26(27(32-33)20-6-3-2-4-7-20)19-34(18-25-8-5-17-36-25)28(35)21-9-13-23(31)14-10-21/h2-4,6-7,9-16,25H,5,8,17-19H2,1H3. The van der Waals surface area contributed by atoms with Crippen LogP contribution in [0.5, 0.6) is 11.6 Å². The summed E-state index contributed by atoms with van der Waals surface area (Å²) in [5.41, 5.74) is 2.79. The Hall–Kier alpha value is -3.68. The van der Waals surface area contributed by atoms with E-state index in [-0.39, 0.29) is 24.4 Å². The number of aryl methyl sites for hydroxylation is 1. The van der Waals surface area contributed by atoms with Crippen LogP contribution in [0.15, 0.2) is 78.9 Å². The van der Waals surface area contributed by atoms with Crippen molar-refractivity contribution in [3.63, 3.8) is 0 Å². The van der Waals surface area contributed by atoms with E-state index in [2.05, 4.69) is 0 Å². The Morgan fingerprint density at radius 2 is 1.84 bits per heavy atom. The highest BCUT2D eigenvalue weighted by Crippen LogP contribution is 2.35. The van der Waals surface area contributed by atoms with Gasteiger partial charge in [0.2, 0.25) is 5.88 Å². The molecule has 1 aliphatic heterocycles. The fourth-order valence-electron chi connectivity index (χ4n) is 4.48. The van der Waals surface area contributed by atoms with E-state index in [0.29, 0.717) is 35.4 Å². The number of nitrogens with zero attached hydrogens (tertiary/aromatic N) is 3. The predicted molar refractivity (Wildman–Crippen MR) is 140 cm³/mol. The van der Waals surface area contributed by atoms with Crippen LogP contribution in [0.25, 0.3) is 11.3 Å². The van der Waals surface area contributed by atoms with Crippen LogP contribution in [0.4, 0.5) is 4.39 Å². The quantitative estimate of drug-likeness (QED) is 0.267. The number of carbonyl (C=O) groups excluding carboxylic acids is 1. The van der Waals surface area contributed by atoms with E-state index in [0.717, 1.165) is 29.7 Å². The first kappa shape index (κ1) is 25.0. The van der Waals surface area contributed by atoms with Gasteiger partial charge < -0.3 is 14.4 Å². The van der Waals surface area contributed by atoms with Crippen molar-refractivity contribution in [2.24, 2.45) is 7.05 Å². The van der Waals surface area contributed by atoms with E-state index < -0.39 is 0 Å². The molecule has 1 unspecified atom stereocenters. The molecule has 3 aromatic carbocycles. The molecule has 1 amide bonds. The highest BCUT2D eigenvalue weighted by Gasteiger charge is 2.28. The summed E-state index contributed by atoms with van der Waals surface area (Å²) in [6.07, 6.45) is 1.76. The molecule has 0 N–H and O–H groups in total. The zero-order valence-corrected chi connectivity index (χ0v) is 21.2. The van der Waals surface area contributed by atoms with E-state index in [1.807, 2.05) is 37.4 Å². The van der Waals surface area contributed by atoms with Crippen molar-refractivity contribution in [2.45, 2.75) is 25.5 Å². The molecule has 190 valence electrons. The third-order valence-corrected chi connectivity index (χ3v) is 6.59. The Bertz CT molecular complexity index is 1350.